The fourth-order valence-corrected chi connectivity index (χ4v) is 2.12. The van der Waals surface area contributed by atoms with Crippen LogP contribution in [-0.4, -0.2) is 13.1 Å². The quantitative estimate of drug-likeness (QED) is 0.792. The molecule has 98 valence electrons. The molecule has 2 aromatic carbocycles. The van der Waals surface area contributed by atoms with Crippen molar-refractivity contribution in [1.29, 1.82) is 0 Å². The topological polar surface area (TPSA) is 26.3 Å². The standard InChI is InChI=1S/C16H15ClO2/c1-11-3-5-12(6-4-11)15(16(18)19-2)13-7-9-14(17)10-8-13/h3-10,15H,1-2H3. The van der Waals surface area contributed by atoms with Gasteiger partial charge < -0.3 is 4.74 Å². The normalized spacial score (nSPS) is 11.9. The van der Waals surface area contributed by atoms with Gasteiger partial charge in [0.05, 0.1) is 7.11 Å². The Hall–Kier alpha value is -1.80. The van der Waals surface area contributed by atoms with E-state index in [-0.39, 0.29) is 5.97 Å². The molecule has 0 aromatic heterocycles. The molecule has 19 heavy (non-hydrogen) atoms. The van der Waals surface area contributed by atoms with E-state index in [4.69, 9.17) is 16.3 Å². The molecule has 1 unspecified atom stereocenters. The van der Waals surface area contributed by atoms with E-state index in [1.165, 1.54) is 7.11 Å². The Labute approximate surface area is 118 Å². The number of hydrogen-bond acceptors (Lipinski definition) is 2. The maximum atomic E-state index is 12.0. The van der Waals surface area contributed by atoms with Crippen LogP contribution in [0.2, 0.25) is 5.02 Å². The molecule has 0 saturated carbocycles. The third-order valence-electron chi connectivity index (χ3n) is 3.05. The third-order valence-corrected chi connectivity index (χ3v) is 3.30. The highest BCUT2D eigenvalue weighted by Gasteiger charge is 2.23. The second-order valence-electron chi connectivity index (χ2n) is 4.42. The molecule has 0 saturated heterocycles. The zero-order valence-corrected chi connectivity index (χ0v) is 11.6. The van der Waals surface area contributed by atoms with E-state index in [2.05, 4.69) is 0 Å². The minimum absolute atomic E-state index is 0.272. The second kappa shape index (κ2) is 5.89. The van der Waals surface area contributed by atoms with Crippen molar-refractivity contribution in [3.05, 3.63) is 70.2 Å². The van der Waals surface area contributed by atoms with E-state index < -0.39 is 5.92 Å². The number of methoxy groups -OCH3 is 1. The van der Waals surface area contributed by atoms with Gasteiger partial charge in [-0.2, -0.15) is 0 Å². The molecule has 0 spiro atoms. The summed E-state index contributed by atoms with van der Waals surface area (Å²) in [5, 5.41) is 0.649. The summed E-state index contributed by atoms with van der Waals surface area (Å²) in [6.07, 6.45) is 0. The highest BCUT2D eigenvalue weighted by molar-refractivity contribution is 6.30. The number of halogens is 1. The summed E-state index contributed by atoms with van der Waals surface area (Å²) in [6.45, 7) is 2.01. The van der Waals surface area contributed by atoms with E-state index in [0.29, 0.717) is 5.02 Å². The first-order chi connectivity index (χ1) is 9.11. The minimum Gasteiger partial charge on any atom is -0.468 e. The van der Waals surface area contributed by atoms with Crippen molar-refractivity contribution in [1.82, 2.24) is 0 Å². The Bertz CT molecular complexity index is 513. The molecule has 0 fully saturated rings. The van der Waals surface area contributed by atoms with Gasteiger partial charge in [0, 0.05) is 5.02 Å². The predicted molar refractivity (Wildman–Crippen MR) is 76.5 cm³/mol. The number of benzene rings is 2. The van der Waals surface area contributed by atoms with Crippen LogP contribution in [0.5, 0.6) is 0 Å². The fraction of sp³-hybridized carbons (Fsp3) is 0.188. The van der Waals surface area contributed by atoms with Crippen LogP contribution in [0.1, 0.15) is 22.6 Å². The molecule has 0 aliphatic carbocycles. The Morgan fingerprint density at radius 1 is 1.00 bits per heavy atom. The number of ether oxygens (including phenoxy) is 1. The SMILES string of the molecule is COC(=O)C(c1ccc(C)cc1)c1ccc(Cl)cc1. The maximum absolute atomic E-state index is 12.0. The van der Waals surface area contributed by atoms with E-state index in [1.807, 2.05) is 43.3 Å². The first-order valence-electron chi connectivity index (χ1n) is 6.01. The summed E-state index contributed by atoms with van der Waals surface area (Å²) in [5.74, 6) is -0.686. The van der Waals surface area contributed by atoms with Crippen molar-refractivity contribution in [2.45, 2.75) is 12.8 Å². The highest BCUT2D eigenvalue weighted by Crippen LogP contribution is 2.27. The van der Waals surface area contributed by atoms with Gasteiger partial charge in [0.25, 0.3) is 0 Å². The molecule has 0 heterocycles. The number of hydrogen-bond donors (Lipinski definition) is 0. The van der Waals surface area contributed by atoms with Gasteiger partial charge in [0.1, 0.15) is 5.92 Å². The molecular formula is C16H15ClO2. The molecule has 2 aromatic rings. The molecule has 0 radical (unpaired) electrons. The molecule has 0 bridgehead atoms. The van der Waals surface area contributed by atoms with E-state index >= 15 is 0 Å². The Morgan fingerprint density at radius 3 is 1.95 bits per heavy atom. The van der Waals surface area contributed by atoms with Gasteiger partial charge in [-0.1, -0.05) is 53.6 Å². The van der Waals surface area contributed by atoms with Gasteiger partial charge in [-0.15, -0.1) is 0 Å². The van der Waals surface area contributed by atoms with Crippen molar-refractivity contribution < 1.29 is 9.53 Å². The van der Waals surface area contributed by atoms with Crippen molar-refractivity contribution >= 4 is 17.6 Å². The lowest BCUT2D eigenvalue weighted by Gasteiger charge is -2.16. The Balaban J connectivity index is 2.44. The van der Waals surface area contributed by atoms with Crippen LogP contribution in [0.3, 0.4) is 0 Å². The molecule has 0 amide bonds. The monoisotopic (exact) mass is 274 g/mol. The lowest BCUT2D eigenvalue weighted by atomic mass is 9.91. The molecule has 0 N–H and O–H groups in total. The third kappa shape index (κ3) is 3.15. The number of aryl methyl sites for hydroxylation is 1. The van der Waals surface area contributed by atoms with Crippen LogP contribution in [0.25, 0.3) is 0 Å². The lowest BCUT2D eigenvalue weighted by molar-refractivity contribution is -0.141. The zero-order chi connectivity index (χ0) is 13.8. The number of carbonyl (C=O) groups excluding carboxylic acids is 1. The fourth-order valence-electron chi connectivity index (χ4n) is 2.00. The second-order valence-corrected chi connectivity index (χ2v) is 4.85. The number of rotatable bonds is 3. The Kier molecular flexibility index (Phi) is 4.23. The first-order valence-corrected chi connectivity index (χ1v) is 6.39. The smallest absolute Gasteiger partial charge is 0.317 e. The van der Waals surface area contributed by atoms with Crippen LogP contribution in [0, 0.1) is 6.92 Å². The van der Waals surface area contributed by atoms with Gasteiger partial charge in [0.15, 0.2) is 0 Å². The van der Waals surface area contributed by atoms with Crippen LogP contribution in [0.15, 0.2) is 48.5 Å². The Morgan fingerprint density at radius 2 is 1.47 bits per heavy atom. The van der Waals surface area contributed by atoms with Gasteiger partial charge in [-0.3, -0.25) is 4.79 Å². The summed E-state index contributed by atoms with van der Waals surface area (Å²) in [7, 11) is 1.40. The van der Waals surface area contributed by atoms with Gasteiger partial charge in [-0.05, 0) is 30.2 Å². The molecule has 2 nitrogen and oxygen atoms in total. The van der Waals surface area contributed by atoms with E-state index in [1.54, 1.807) is 12.1 Å². The summed E-state index contributed by atoms with van der Waals surface area (Å²) < 4.78 is 4.91. The number of carbonyl (C=O) groups is 1. The summed E-state index contributed by atoms with van der Waals surface area (Å²) >= 11 is 5.88. The average Bonchev–Trinajstić information content (AvgIpc) is 2.43. The summed E-state index contributed by atoms with van der Waals surface area (Å²) in [6, 6.07) is 15.1. The van der Waals surface area contributed by atoms with Gasteiger partial charge >= 0.3 is 5.97 Å². The van der Waals surface area contributed by atoms with Crippen molar-refractivity contribution in [2.24, 2.45) is 0 Å². The lowest BCUT2D eigenvalue weighted by Crippen LogP contribution is -2.15. The van der Waals surface area contributed by atoms with Crippen molar-refractivity contribution in [3.8, 4) is 0 Å². The van der Waals surface area contributed by atoms with Gasteiger partial charge in [-0.25, -0.2) is 0 Å². The molecule has 0 aliphatic rings. The molecule has 3 heteroatoms. The summed E-state index contributed by atoms with van der Waals surface area (Å²) in [4.78, 5) is 12.0. The largest absolute Gasteiger partial charge is 0.468 e. The minimum atomic E-state index is -0.414. The molecule has 2 rings (SSSR count). The van der Waals surface area contributed by atoms with Crippen LogP contribution < -0.4 is 0 Å². The maximum Gasteiger partial charge on any atom is 0.317 e. The number of esters is 1. The van der Waals surface area contributed by atoms with Crippen LogP contribution in [0.4, 0.5) is 0 Å². The van der Waals surface area contributed by atoms with Crippen LogP contribution in [-0.2, 0) is 9.53 Å². The van der Waals surface area contributed by atoms with Crippen molar-refractivity contribution in [3.63, 3.8) is 0 Å². The average molecular weight is 275 g/mol. The molecule has 0 aliphatic heterocycles. The predicted octanol–water partition coefficient (Wildman–Crippen LogP) is 3.95. The molecule has 1 atom stereocenters. The van der Waals surface area contributed by atoms with Gasteiger partial charge in [0.2, 0.25) is 0 Å². The molecular weight excluding hydrogens is 260 g/mol. The first kappa shape index (κ1) is 13.6. The zero-order valence-electron chi connectivity index (χ0n) is 10.9. The van der Waals surface area contributed by atoms with E-state index in [0.717, 1.165) is 16.7 Å². The van der Waals surface area contributed by atoms with Crippen molar-refractivity contribution in [2.75, 3.05) is 7.11 Å². The highest BCUT2D eigenvalue weighted by atomic mass is 35.5. The van der Waals surface area contributed by atoms with E-state index in [9.17, 15) is 4.79 Å². The summed E-state index contributed by atoms with van der Waals surface area (Å²) in [5.41, 5.74) is 2.95. The van der Waals surface area contributed by atoms with Crippen LogP contribution >= 0.6 is 11.6 Å².